The molecule has 2 aromatic rings. The predicted molar refractivity (Wildman–Crippen MR) is 81.6 cm³/mol. The Bertz CT molecular complexity index is 656. The molecule has 0 amide bonds. The molecule has 2 rings (SSSR count). The van der Waals surface area contributed by atoms with Crippen LogP contribution in [0.1, 0.15) is 30.5 Å². The van der Waals surface area contributed by atoms with Gasteiger partial charge in [-0.1, -0.05) is 31.2 Å². The summed E-state index contributed by atoms with van der Waals surface area (Å²) in [6.07, 6.45) is 0.760. The van der Waals surface area contributed by atoms with E-state index in [1.165, 1.54) is 6.07 Å². The van der Waals surface area contributed by atoms with Crippen molar-refractivity contribution >= 4 is 5.69 Å². The Balaban J connectivity index is 2.41. The molecule has 0 bridgehead atoms. The van der Waals surface area contributed by atoms with Crippen LogP contribution in [0.4, 0.5) is 5.69 Å². The van der Waals surface area contributed by atoms with E-state index in [4.69, 9.17) is 10.5 Å². The lowest BCUT2D eigenvalue weighted by Gasteiger charge is -2.15. The number of nitro groups is 1. The molecule has 0 aromatic heterocycles. The summed E-state index contributed by atoms with van der Waals surface area (Å²) in [6.45, 7) is 3.79. The molecule has 0 spiro atoms. The van der Waals surface area contributed by atoms with Gasteiger partial charge in [0.15, 0.2) is 0 Å². The lowest BCUT2D eigenvalue weighted by atomic mass is 10.0. The van der Waals surface area contributed by atoms with E-state index in [9.17, 15) is 10.1 Å². The molecule has 0 aliphatic rings. The van der Waals surface area contributed by atoms with Gasteiger partial charge < -0.3 is 10.5 Å². The molecule has 0 fully saturated rings. The Morgan fingerprint density at radius 1 is 1.24 bits per heavy atom. The van der Waals surface area contributed by atoms with Gasteiger partial charge in [-0.05, 0) is 31.0 Å². The minimum absolute atomic E-state index is 0.0464. The highest BCUT2D eigenvalue weighted by Crippen LogP contribution is 2.35. The van der Waals surface area contributed by atoms with Gasteiger partial charge in [-0.3, -0.25) is 10.1 Å². The number of ether oxygens (including phenoxy) is 1. The van der Waals surface area contributed by atoms with Crippen LogP contribution in [0.3, 0.4) is 0 Å². The molecule has 5 heteroatoms. The van der Waals surface area contributed by atoms with Crippen LogP contribution in [0.25, 0.3) is 0 Å². The van der Waals surface area contributed by atoms with Crippen molar-refractivity contribution in [2.24, 2.45) is 5.73 Å². The second-order valence-electron chi connectivity index (χ2n) is 4.88. The van der Waals surface area contributed by atoms with Crippen molar-refractivity contribution in [1.29, 1.82) is 0 Å². The fraction of sp³-hybridized carbons (Fsp3) is 0.250. The van der Waals surface area contributed by atoms with Crippen molar-refractivity contribution in [3.05, 3.63) is 63.7 Å². The van der Waals surface area contributed by atoms with Crippen molar-refractivity contribution in [2.75, 3.05) is 0 Å². The Morgan fingerprint density at radius 3 is 2.62 bits per heavy atom. The van der Waals surface area contributed by atoms with Gasteiger partial charge in [0.1, 0.15) is 5.75 Å². The highest BCUT2D eigenvalue weighted by atomic mass is 16.6. The topological polar surface area (TPSA) is 78.4 Å². The summed E-state index contributed by atoms with van der Waals surface area (Å²) >= 11 is 0. The Morgan fingerprint density at radius 2 is 1.95 bits per heavy atom. The third kappa shape index (κ3) is 3.38. The number of aryl methyl sites for hydroxylation is 1. The Hall–Kier alpha value is -2.40. The fourth-order valence-corrected chi connectivity index (χ4v) is 2.07. The minimum atomic E-state index is -0.440. The van der Waals surface area contributed by atoms with Gasteiger partial charge in [-0.2, -0.15) is 0 Å². The highest BCUT2D eigenvalue weighted by Gasteiger charge is 2.18. The minimum Gasteiger partial charge on any atom is -0.450 e. The van der Waals surface area contributed by atoms with E-state index in [0.717, 1.165) is 17.5 Å². The van der Waals surface area contributed by atoms with Gasteiger partial charge in [0, 0.05) is 17.7 Å². The second-order valence-corrected chi connectivity index (χ2v) is 4.88. The summed E-state index contributed by atoms with van der Waals surface area (Å²) in [7, 11) is 0. The first-order valence-electron chi connectivity index (χ1n) is 6.80. The van der Waals surface area contributed by atoms with Crippen molar-refractivity contribution in [2.45, 2.75) is 26.3 Å². The van der Waals surface area contributed by atoms with E-state index in [0.29, 0.717) is 5.75 Å². The van der Waals surface area contributed by atoms with E-state index < -0.39 is 4.92 Å². The van der Waals surface area contributed by atoms with Gasteiger partial charge in [-0.15, -0.1) is 0 Å². The molecular formula is C16H18N2O3. The average Bonchev–Trinajstić information content (AvgIpc) is 2.48. The van der Waals surface area contributed by atoms with Crippen LogP contribution in [0, 0.1) is 17.0 Å². The van der Waals surface area contributed by atoms with E-state index >= 15 is 0 Å². The number of hydrogen-bond donors (Lipinski definition) is 1. The largest absolute Gasteiger partial charge is 0.450 e. The van der Waals surface area contributed by atoms with Crippen LogP contribution >= 0.6 is 0 Å². The number of hydrogen-bond acceptors (Lipinski definition) is 4. The number of rotatable bonds is 5. The standard InChI is InChI=1S/C16H18N2O3/c1-3-13(17)12-6-4-5-7-15(12)21-16-9-8-11(2)10-14(16)18(19)20/h4-10,13H,3,17H2,1-2H3/t13-/m1/s1. The van der Waals surface area contributed by atoms with Crippen LogP contribution in [-0.4, -0.2) is 4.92 Å². The SMILES string of the molecule is CC[C@@H](N)c1ccccc1Oc1ccc(C)cc1[N+](=O)[O-]. The van der Waals surface area contributed by atoms with Crippen molar-refractivity contribution in [1.82, 2.24) is 0 Å². The third-order valence-electron chi connectivity index (χ3n) is 3.29. The molecule has 0 heterocycles. The molecule has 1 atom stereocenters. The molecule has 0 aliphatic heterocycles. The molecule has 0 saturated heterocycles. The van der Waals surface area contributed by atoms with E-state index in [2.05, 4.69) is 0 Å². The summed E-state index contributed by atoms with van der Waals surface area (Å²) in [5, 5.41) is 11.1. The average molecular weight is 286 g/mol. The number of nitrogens with two attached hydrogens (primary N) is 1. The molecule has 21 heavy (non-hydrogen) atoms. The smallest absolute Gasteiger partial charge is 0.311 e. The molecule has 0 saturated carbocycles. The molecule has 2 N–H and O–H groups in total. The Labute approximate surface area is 123 Å². The molecular weight excluding hydrogens is 268 g/mol. The summed E-state index contributed by atoms with van der Waals surface area (Å²) in [5.74, 6) is 0.778. The lowest BCUT2D eigenvalue weighted by Crippen LogP contribution is -2.10. The molecule has 0 radical (unpaired) electrons. The maximum atomic E-state index is 11.1. The number of benzene rings is 2. The van der Waals surface area contributed by atoms with Crippen LogP contribution in [0.5, 0.6) is 11.5 Å². The predicted octanol–water partition coefficient (Wildman–Crippen LogP) is 4.11. The first kappa shape index (κ1) is 15.0. The monoisotopic (exact) mass is 286 g/mol. The van der Waals surface area contributed by atoms with Gasteiger partial charge in [0.2, 0.25) is 5.75 Å². The quantitative estimate of drug-likeness (QED) is 0.662. The summed E-state index contributed by atoms with van der Waals surface area (Å²) in [6, 6.07) is 12.1. The van der Waals surface area contributed by atoms with E-state index in [1.54, 1.807) is 25.1 Å². The molecule has 0 unspecified atom stereocenters. The van der Waals surface area contributed by atoms with Crippen LogP contribution in [0.2, 0.25) is 0 Å². The normalized spacial score (nSPS) is 12.0. The summed E-state index contributed by atoms with van der Waals surface area (Å²) < 4.78 is 5.76. The fourth-order valence-electron chi connectivity index (χ4n) is 2.07. The molecule has 110 valence electrons. The Kier molecular flexibility index (Phi) is 4.55. The summed E-state index contributed by atoms with van der Waals surface area (Å²) in [5.41, 5.74) is 7.67. The van der Waals surface area contributed by atoms with Crippen molar-refractivity contribution < 1.29 is 9.66 Å². The van der Waals surface area contributed by atoms with Gasteiger partial charge in [-0.25, -0.2) is 0 Å². The molecule has 2 aromatic carbocycles. The number of nitro benzene ring substituents is 1. The van der Waals surface area contributed by atoms with Crippen LogP contribution in [-0.2, 0) is 0 Å². The first-order valence-corrected chi connectivity index (χ1v) is 6.80. The molecule has 5 nitrogen and oxygen atoms in total. The first-order chi connectivity index (χ1) is 10.0. The van der Waals surface area contributed by atoms with Crippen molar-refractivity contribution in [3.63, 3.8) is 0 Å². The maximum absolute atomic E-state index is 11.1. The van der Waals surface area contributed by atoms with Gasteiger partial charge >= 0.3 is 5.69 Å². The van der Waals surface area contributed by atoms with Gasteiger partial charge in [0.25, 0.3) is 0 Å². The summed E-state index contributed by atoms with van der Waals surface area (Å²) in [4.78, 5) is 10.7. The van der Waals surface area contributed by atoms with E-state index in [1.807, 2.05) is 25.1 Å². The second kappa shape index (κ2) is 6.37. The molecule has 0 aliphatic carbocycles. The zero-order valence-corrected chi connectivity index (χ0v) is 12.1. The van der Waals surface area contributed by atoms with Gasteiger partial charge in [0.05, 0.1) is 4.92 Å². The zero-order valence-electron chi connectivity index (χ0n) is 12.1. The van der Waals surface area contributed by atoms with Crippen LogP contribution < -0.4 is 10.5 Å². The number of nitrogens with zero attached hydrogens (tertiary/aromatic N) is 1. The van der Waals surface area contributed by atoms with Crippen molar-refractivity contribution in [3.8, 4) is 11.5 Å². The lowest BCUT2D eigenvalue weighted by molar-refractivity contribution is -0.385. The van der Waals surface area contributed by atoms with E-state index in [-0.39, 0.29) is 17.5 Å². The third-order valence-corrected chi connectivity index (χ3v) is 3.29. The zero-order chi connectivity index (χ0) is 15.4. The highest BCUT2D eigenvalue weighted by molar-refractivity contribution is 5.51. The maximum Gasteiger partial charge on any atom is 0.311 e. The van der Waals surface area contributed by atoms with Crippen LogP contribution in [0.15, 0.2) is 42.5 Å². The number of para-hydroxylation sites is 1.